The summed E-state index contributed by atoms with van der Waals surface area (Å²) < 4.78 is 26.3. The van der Waals surface area contributed by atoms with Crippen LogP contribution in [0.3, 0.4) is 0 Å². The van der Waals surface area contributed by atoms with Crippen LogP contribution in [-0.2, 0) is 10.0 Å². The van der Waals surface area contributed by atoms with Crippen LogP contribution in [0.25, 0.3) is 0 Å². The Kier molecular flexibility index (Phi) is 2.50. The van der Waals surface area contributed by atoms with Crippen LogP contribution in [0.4, 0.5) is 11.4 Å². The first-order valence-electron chi connectivity index (χ1n) is 6.04. The number of nitrogens with zero attached hydrogens (tertiary/aromatic N) is 1. The third-order valence-corrected chi connectivity index (χ3v) is 5.59. The van der Waals surface area contributed by atoms with Gasteiger partial charge in [0.2, 0.25) is 10.0 Å². The molecular weight excluding hydrogens is 236 g/mol. The van der Waals surface area contributed by atoms with E-state index in [2.05, 4.69) is 5.32 Å². The standard InChI is InChI=1S/C12H16N2O2S/c15-17(16,10-6-7-10)14-9-3-8-13-11-4-1-2-5-12(11)14/h1-2,4-5,10,13H,3,6-9H2. The Labute approximate surface area is 102 Å². The zero-order chi connectivity index (χ0) is 11.9. The molecule has 1 saturated carbocycles. The molecule has 0 unspecified atom stereocenters. The molecule has 0 radical (unpaired) electrons. The minimum Gasteiger partial charge on any atom is -0.383 e. The van der Waals surface area contributed by atoms with E-state index in [1.807, 2.05) is 24.3 Å². The highest BCUT2D eigenvalue weighted by Gasteiger charge is 2.41. The van der Waals surface area contributed by atoms with Crippen molar-refractivity contribution < 1.29 is 8.42 Å². The minimum absolute atomic E-state index is 0.145. The number of benzene rings is 1. The first-order chi connectivity index (χ1) is 8.19. The van der Waals surface area contributed by atoms with Crippen molar-refractivity contribution in [1.82, 2.24) is 0 Å². The lowest BCUT2D eigenvalue weighted by atomic mass is 10.2. The Morgan fingerprint density at radius 2 is 2.00 bits per heavy atom. The molecule has 0 spiro atoms. The van der Waals surface area contributed by atoms with Gasteiger partial charge in [-0.15, -0.1) is 0 Å². The third kappa shape index (κ3) is 1.88. The monoisotopic (exact) mass is 252 g/mol. The summed E-state index contributed by atoms with van der Waals surface area (Å²) in [7, 11) is -3.13. The van der Waals surface area contributed by atoms with Crippen molar-refractivity contribution in [3.63, 3.8) is 0 Å². The van der Waals surface area contributed by atoms with Gasteiger partial charge in [-0.25, -0.2) is 8.42 Å². The predicted molar refractivity (Wildman–Crippen MR) is 68.8 cm³/mol. The zero-order valence-corrected chi connectivity index (χ0v) is 10.4. The van der Waals surface area contributed by atoms with Gasteiger partial charge in [0.1, 0.15) is 0 Å². The molecule has 4 nitrogen and oxygen atoms in total. The zero-order valence-electron chi connectivity index (χ0n) is 9.59. The highest BCUT2D eigenvalue weighted by atomic mass is 32.2. The molecule has 0 saturated heterocycles. The molecule has 3 rings (SSSR count). The Hall–Kier alpha value is -1.23. The molecule has 0 bridgehead atoms. The molecule has 1 aromatic carbocycles. The highest BCUT2D eigenvalue weighted by Crippen LogP contribution is 2.37. The molecule has 0 aromatic heterocycles. The number of nitrogens with one attached hydrogen (secondary N) is 1. The van der Waals surface area contributed by atoms with Crippen LogP contribution in [0.5, 0.6) is 0 Å². The highest BCUT2D eigenvalue weighted by molar-refractivity contribution is 7.93. The summed E-state index contributed by atoms with van der Waals surface area (Å²) >= 11 is 0. The molecule has 0 atom stereocenters. The van der Waals surface area contributed by atoms with E-state index >= 15 is 0 Å². The lowest BCUT2D eigenvalue weighted by molar-refractivity contribution is 0.589. The number of hydrogen-bond donors (Lipinski definition) is 1. The van der Waals surface area contributed by atoms with Gasteiger partial charge >= 0.3 is 0 Å². The van der Waals surface area contributed by atoms with Gasteiger partial charge < -0.3 is 5.32 Å². The van der Waals surface area contributed by atoms with E-state index in [0.29, 0.717) is 6.54 Å². The molecule has 1 heterocycles. The summed E-state index contributed by atoms with van der Waals surface area (Å²) in [5.74, 6) is 0. The molecule has 1 N–H and O–H groups in total. The Balaban J connectivity index is 2.05. The first-order valence-corrected chi connectivity index (χ1v) is 7.54. The van der Waals surface area contributed by atoms with E-state index < -0.39 is 10.0 Å². The Bertz CT molecular complexity index is 523. The van der Waals surface area contributed by atoms with Crippen molar-refractivity contribution in [2.75, 3.05) is 22.7 Å². The predicted octanol–water partition coefficient (Wildman–Crippen LogP) is 1.80. The number of anilines is 2. The van der Waals surface area contributed by atoms with E-state index in [1.54, 1.807) is 4.31 Å². The van der Waals surface area contributed by atoms with E-state index in [9.17, 15) is 8.42 Å². The number of sulfonamides is 1. The molecule has 1 aliphatic carbocycles. The Morgan fingerprint density at radius 3 is 2.76 bits per heavy atom. The largest absolute Gasteiger partial charge is 0.383 e. The molecule has 2 aliphatic rings. The fourth-order valence-electron chi connectivity index (χ4n) is 2.22. The van der Waals surface area contributed by atoms with Crippen molar-refractivity contribution in [2.24, 2.45) is 0 Å². The maximum atomic E-state index is 12.4. The lowest BCUT2D eigenvalue weighted by Gasteiger charge is -2.23. The van der Waals surface area contributed by atoms with Crippen LogP contribution < -0.4 is 9.62 Å². The van der Waals surface area contributed by atoms with Crippen LogP contribution in [0.15, 0.2) is 24.3 Å². The summed E-state index contributed by atoms with van der Waals surface area (Å²) in [5.41, 5.74) is 1.73. The van der Waals surface area contributed by atoms with Gasteiger partial charge in [-0.3, -0.25) is 4.31 Å². The summed E-state index contributed by atoms with van der Waals surface area (Å²) in [6.07, 6.45) is 2.48. The van der Waals surface area contributed by atoms with E-state index in [-0.39, 0.29) is 5.25 Å². The first kappa shape index (κ1) is 10.9. The average Bonchev–Trinajstić information content (AvgIpc) is 3.15. The average molecular weight is 252 g/mol. The van der Waals surface area contributed by atoms with Crippen molar-refractivity contribution in [2.45, 2.75) is 24.5 Å². The van der Waals surface area contributed by atoms with Crippen LogP contribution in [0.1, 0.15) is 19.3 Å². The topological polar surface area (TPSA) is 49.4 Å². The SMILES string of the molecule is O=S(=O)(C1CC1)N1CCCNc2ccccc21. The third-order valence-electron chi connectivity index (χ3n) is 3.28. The lowest BCUT2D eigenvalue weighted by Crippen LogP contribution is -2.34. The molecule has 1 fully saturated rings. The van der Waals surface area contributed by atoms with Crippen molar-refractivity contribution in [3.8, 4) is 0 Å². The van der Waals surface area contributed by atoms with Crippen LogP contribution in [-0.4, -0.2) is 26.8 Å². The second kappa shape index (κ2) is 3.91. The number of fused-ring (bicyclic) bond motifs is 1. The van der Waals surface area contributed by atoms with Crippen LogP contribution in [0.2, 0.25) is 0 Å². The van der Waals surface area contributed by atoms with Gasteiger partial charge in [0.05, 0.1) is 16.6 Å². The van der Waals surface area contributed by atoms with Gasteiger partial charge in [-0.1, -0.05) is 12.1 Å². The summed E-state index contributed by atoms with van der Waals surface area (Å²) in [4.78, 5) is 0. The summed E-state index contributed by atoms with van der Waals surface area (Å²) in [6, 6.07) is 7.64. The van der Waals surface area contributed by atoms with Gasteiger partial charge in [0.15, 0.2) is 0 Å². The van der Waals surface area contributed by atoms with Crippen LogP contribution >= 0.6 is 0 Å². The van der Waals surface area contributed by atoms with Gasteiger partial charge in [0, 0.05) is 13.1 Å². The summed E-state index contributed by atoms with van der Waals surface area (Å²) in [6.45, 7) is 1.41. The minimum atomic E-state index is -3.13. The van der Waals surface area contributed by atoms with Crippen molar-refractivity contribution >= 4 is 21.4 Å². The fourth-order valence-corrected chi connectivity index (χ4v) is 4.13. The molecule has 0 amide bonds. The van der Waals surface area contributed by atoms with Gasteiger partial charge in [-0.05, 0) is 31.4 Å². The molecule has 5 heteroatoms. The number of para-hydroxylation sites is 2. The fraction of sp³-hybridized carbons (Fsp3) is 0.500. The molecule has 17 heavy (non-hydrogen) atoms. The van der Waals surface area contributed by atoms with Gasteiger partial charge in [-0.2, -0.15) is 0 Å². The molecule has 92 valence electrons. The van der Waals surface area contributed by atoms with Crippen LogP contribution in [0, 0.1) is 0 Å². The van der Waals surface area contributed by atoms with Gasteiger partial charge in [0.25, 0.3) is 0 Å². The maximum Gasteiger partial charge on any atom is 0.238 e. The smallest absolute Gasteiger partial charge is 0.238 e. The quantitative estimate of drug-likeness (QED) is 0.873. The van der Waals surface area contributed by atoms with E-state index in [1.165, 1.54) is 0 Å². The molecular formula is C12H16N2O2S. The molecule has 1 aliphatic heterocycles. The summed E-state index contributed by atoms with van der Waals surface area (Å²) in [5, 5.41) is 3.14. The number of hydrogen-bond acceptors (Lipinski definition) is 3. The van der Waals surface area contributed by atoms with Crippen molar-refractivity contribution in [1.29, 1.82) is 0 Å². The second-order valence-electron chi connectivity index (χ2n) is 4.61. The maximum absolute atomic E-state index is 12.4. The second-order valence-corrected chi connectivity index (χ2v) is 6.75. The normalized spacial score (nSPS) is 20.4. The molecule has 1 aromatic rings. The number of rotatable bonds is 2. The Morgan fingerprint density at radius 1 is 1.24 bits per heavy atom. The van der Waals surface area contributed by atoms with E-state index in [4.69, 9.17) is 0 Å². The van der Waals surface area contributed by atoms with E-state index in [0.717, 1.165) is 37.2 Å². The van der Waals surface area contributed by atoms with Crippen molar-refractivity contribution in [3.05, 3.63) is 24.3 Å².